The largest absolute Gasteiger partial charge is 0.339 e. The van der Waals surface area contributed by atoms with E-state index in [9.17, 15) is 9.59 Å². The highest BCUT2D eigenvalue weighted by Gasteiger charge is 2.40. The van der Waals surface area contributed by atoms with Crippen LogP contribution in [0, 0.1) is 17.8 Å². The van der Waals surface area contributed by atoms with Gasteiger partial charge in [-0.05, 0) is 37.0 Å². The van der Waals surface area contributed by atoms with Crippen molar-refractivity contribution in [1.82, 2.24) is 9.80 Å². The molecule has 3 rings (SSSR count). The maximum Gasteiger partial charge on any atom is 0.222 e. The fraction of sp³-hybridized carbons (Fsp3) is 0.867. The summed E-state index contributed by atoms with van der Waals surface area (Å²) in [7, 11) is 0. The standard InChI is InChI=1S/C15H24N2O2/c1-11(18)16-4-6-17(7-5-16)15(19)10-14-9-12-2-3-13(14)8-12/h12-14H,2-10H2,1H3/t12-,13-,14-/m0/s1. The Morgan fingerprint density at radius 2 is 1.68 bits per heavy atom. The molecule has 0 unspecified atom stereocenters. The van der Waals surface area contributed by atoms with Crippen LogP contribution in [0.3, 0.4) is 0 Å². The van der Waals surface area contributed by atoms with Crippen molar-refractivity contribution in [2.75, 3.05) is 26.2 Å². The Kier molecular flexibility index (Phi) is 3.50. The number of hydrogen-bond acceptors (Lipinski definition) is 2. The van der Waals surface area contributed by atoms with Crippen molar-refractivity contribution in [3.05, 3.63) is 0 Å². The molecule has 1 saturated heterocycles. The van der Waals surface area contributed by atoms with Crippen molar-refractivity contribution < 1.29 is 9.59 Å². The second kappa shape index (κ2) is 5.14. The van der Waals surface area contributed by atoms with Gasteiger partial charge in [-0.1, -0.05) is 6.42 Å². The normalized spacial score (nSPS) is 33.8. The molecule has 1 aliphatic heterocycles. The molecule has 106 valence electrons. The van der Waals surface area contributed by atoms with E-state index in [1.807, 2.05) is 9.80 Å². The number of hydrogen-bond donors (Lipinski definition) is 0. The third-order valence-corrected chi connectivity index (χ3v) is 5.40. The van der Waals surface area contributed by atoms with Gasteiger partial charge in [-0.3, -0.25) is 9.59 Å². The quantitative estimate of drug-likeness (QED) is 0.758. The first kappa shape index (κ1) is 12.9. The van der Waals surface area contributed by atoms with Crippen LogP contribution in [0.2, 0.25) is 0 Å². The van der Waals surface area contributed by atoms with Gasteiger partial charge in [0.05, 0.1) is 0 Å². The SMILES string of the molecule is CC(=O)N1CCN(C(=O)C[C@@H]2C[C@H]3CC[C@H]2C3)CC1. The molecule has 2 saturated carbocycles. The number of rotatable bonds is 2. The molecule has 0 aromatic heterocycles. The van der Waals surface area contributed by atoms with Crippen LogP contribution in [-0.2, 0) is 9.59 Å². The number of nitrogens with zero attached hydrogens (tertiary/aromatic N) is 2. The van der Waals surface area contributed by atoms with E-state index in [0.29, 0.717) is 24.9 Å². The first-order chi connectivity index (χ1) is 9.13. The second-order valence-corrected chi connectivity index (χ2v) is 6.53. The Morgan fingerprint density at radius 3 is 2.21 bits per heavy atom. The maximum absolute atomic E-state index is 12.3. The molecule has 4 nitrogen and oxygen atoms in total. The van der Waals surface area contributed by atoms with Gasteiger partial charge in [0, 0.05) is 39.5 Å². The van der Waals surface area contributed by atoms with E-state index in [0.717, 1.165) is 31.3 Å². The lowest BCUT2D eigenvalue weighted by Gasteiger charge is -2.35. The third-order valence-electron chi connectivity index (χ3n) is 5.40. The van der Waals surface area contributed by atoms with Gasteiger partial charge in [0.1, 0.15) is 0 Å². The molecule has 3 aliphatic rings. The van der Waals surface area contributed by atoms with Crippen LogP contribution in [0.5, 0.6) is 0 Å². The van der Waals surface area contributed by atoms with Gasteiger partial charge in [0.15, 0.2) is 0 Å². The van der Waals surface area contributed by atoms with E-state index in [4.69, 9.17) is 0 Å². The van der Waals surface area contributed by atoms with Crippen LogP contribution in [0.15, 0.2) is 0 Å². The van der Waals surface area contributed by atoms with E-state index < -0.39 is 0 Å². The summed E-state index contributed by atoms with van der Waals surface area (Å²) in [5, 5.41) is 0. The zero-order chi connectivity index (χ0) is 13.4. The lowest BCUT2D eigenvalue weighted by Crippen LogP contribution is -2.50. The first-order valence-electron chi connectivity index (χ1n) is 7.66. The van der Waals surface area contributed by atoms with Gasteiger partial charge in [0.25, 0.3) is 0 Å². The Labute approximate surface area is 115 Å². The molecule has 3 fully saturated rings. The number of amides is 2. The van der Waals surface area contributed by atoms with Crippen molar-refractivity contribution in [2.45, 2.75) is 39.0 Å². The van der Waals surface area contributed by atoms with Crippen LogP contribution in [0.1, 0.15) is 39.0 Å². The summed E-state index contributed by atoms with van der Waals surface area (Å²) >= 11 is 0. The summed E-state index contributed by atoms with van der Waals surface area (Å²) < 4.78 is 0. The van der Waals surface area contributed by atoms with E-state index in [2.05, 4.69) is 0 Å². The summed E-state index contributed by atoms with van der Waals surface area (Å²) in [6.45, 7) is 4.46. The molecule has 1 heterocycles. The van der Waals surface area contributed by atoms with Crippen molar-refractivity contribution in [2.24, 2.45) is 17.8 Å². The highest BCUT2D eigenvalue weighted by atomic mass is 16.2. The van der Waals surface area contributed by atoms with Crippen LogP contribution < -0.4 is 0 Å². The molecule has 3 atom stereocenters. The van der Waals surface area contributed by atoms with Crippen LogP contribution in [-0.4, -0.2) is 47.8 Å². The average Bonchev–Trinajstić information content (AvgIpc) is 3.01. The van der Waals surface area contributed by atoms with Crippen molar-refractivity contribution >= 4 is 11.8 Å². The van der Waals surface area contributed by atoms with Gasteiger partial charge in [-0.25, -0.2) is 0 Å². The smallest absolute Gasteiger partial charge is 0.222 e. The summed E-state index contributed by atoms with van der Waals surface area (Å²) in [6, 6.07) is 0. The van der Waals surface area contributed by atoms with E-state index >= 15 is 0 Å². The molecule has 0 aromatic carbocycles. The van der Waals surface area contributed by atoms with Gasteiger partial charge < -0.3 is 9.80 Å². The summed E-state index contributed by atoms with van der Waals surface area (Å²) in [6.07, 6.45) is 6.15. The minimum absolute atomic E-state index is 0.125. The lowest BCUT2D eigenvalue weighted by atomic mass is 9.86. The molecule has 0 N–H and O–H groups in total. The molecular weight excluding hydrogens is 240 g/mol. The zero-order valence-electron chi connectivity index (χ0n) is 11.8. The molecule has 0 aromatic rings. The summed E-state index contributed by atoms with van der Waals surface area (Å²) in [4.78, 5) is 27.4. The lowest BCUT2D eigenvalue weighted by molar-refractivity contribution is -0.139. The van der Waals surface area contributed by atoms with Crippen molar-refractivity contribution in [3.63, 3.8) is 0 Å². The summed E-state index contributed by atoms with van der Waals surface area (Å²) in [5.41, 5.74) is 0. The molecule has 19 heavy (non-hydrogen) atoms. The molecule has 2 bridgehead atoms. The molecule has 2 amide bonds. The summed E-state index contributed by atoms with van der Waals surface area (Å²) in [5.74, 6) is 2.84. The minimum Gasteiger partial charge on any atom is -0.339 e. The fourth-order valence-electron chi connectivity index (χ4n) is 4.25. The van der Waals surface area contributed by atoms with Gasteiger partial charge in [-0.2, -0.15) is 0 Å². The molecular formula is C15H24N2O2. The van der Waals surface area contributed by atoms with Gasteiger partial charge in [-0.15, -0.1) is 0 Å². The maximum atomic E-state index is 12.3. The topological polar surface area (TPSA) is 40.6 Å². The molecule has 2 aliphatic carbocycles. The third kappa shape index (κ3) is 2.63. The number of piperazine rings is 1. The number of fused-ring (bicyclic) bond motifs is 2. The van der Waals surface area contributed by atoms with Crippen molar-refractivity contribution in [3.8, 4) is 0 Å². The fourth-order valence-corrected chi connectivity index (χ4v) is 4.25. The minimum atomic E-state index is 0.125. The van der Waals surface area contributed by atoms with Crippen LogP contribution in [0.4, 0.5) is 0 Å². The predicted octanol–water partition coefficient (Wildman–Crippen LogP) is 1.50. The van der Waals surface area contributed by atoms with E-state index in [-0.39, 0.29) is 5.91 Å². The van der Waals surface area contributed by atoms with Gasteiger partial charge >= 0.3 is 0 Å². The average molecular weight is 264 g/mol. The van der Waals surface area contributed by atoms with Crippen LogP contribution >= 0.6 is 0 Å². The first-order valence-corrected chi connectivity index (χ1v) is 7.66. The molecule has 0 radical (unpaired) electrons. The van der Waals surface area contributed by atoms with Crippen molar-refractivity contribution in [1.29, 1.82) is 0 Å². The highest BCUT2D eigenvalue weighted by molar-refractivity contribution is 5.77. The number of carbonyl (C=O) groups excluding carboxylic acids is 2. The molecule has 4 heteroatoms. The highest BCUT2D eigenvalue weighted by Crippen LogP contribution is 2.49. The van der Waals surface area contributed by atoms with E-state index in [1.165, 1.54) is 25.7 Å². The zero-order valence-corrected chi connectivity index (χ0v) is 11.8. The van der Waals surface area contributed by atoms with Crippen LogP contribution in [0.25, 0.3) is 0 Å². The second-order valence-electron chi connectivity index (χ2n) is 6.53. The molecule has 0 spiro atoms. The van der Waals surface area contributed by atoms with E-state index in [1.54, 1.807) is 6.92 Å². The Bertz CT molecular complexity index is 374. The Morgan fingerprint density at radius 1 is 1.00 bits per heavy atom. The Balaban J connectivity index is 1.48. The van der Waals surface area contributed by atoms with Gasteiger partial charge in [0.2, 0.25) is 11.8 Å². The predicted molar refractivity (Wildman–Crippen MR) is 72.4 cm³/mol. The number of carbonyl (C=O) groups is 2. The monoisotopic (exact) mass is 264 g/mol. The Hall–Kier alpha value is -1.06.